The summed E-state index contributed by atoms with van der Waals surface area (Å²) < 4.78 is 5.47. The molecule has 6 nitrogen and oxygen atoms in total. The number of nitrogens with zero attached hydrogens (tertiary/aromatic N) is 1. The van der Waals surface area contributed by atoms with Crippen LogP contribution in [0.4, 0.5) is 5.69 Å². The summed E-state index contributed by atoms with van der Waals surface area (Å²) in [6.45, 7) is 3.20. The van der Waals surface area contributed by atoms with Gasteiger partial charge in [0, 0.05) is 31.9 Å². The first kappa shape index (κ1) is 15.8. The molecule has 2 aliphatic rings. The van der Waals surface area contributed by atoms with Gasteiger partial charge in [0.1, 0.15) is 0 Å². The molecular weight excluding hydrogens is 294 g/mol. The molecule has 1 atom stereocenters. The van der Waals surface area contributed by atoms with Crippen LogP contribution >= 0.6 is 0 Å². The van der Waals surface area contributed by atoms with Crippen LogP contribution in [-0.4, -0.2) is 44.2 Å². The number of hydrogen-bond donors (Lipinski definition) is 2. The molecule has 0 radical (unpaired) electrons. The zero-order valence-corrected chi connectivity index (χ0v) is 13.2. The van der Waals surface area contributed by atoms with Crippen LogP contribution in [0.15, 0.2) is 24.3 Å². The highest BCUT2D eigenvalue weighted by Gasteiger charge is 2.19. The van der Waals surface area contributed by atoms with Crippen molar-refractivity contribution in [3.63, 3.8) is 0 Å². The normalized spacial score (nSPS) is 21.1. The first-order valence-corrected chi connectivity index (χ1v) is 8.19. The maximum Gasteiger partial charge on any atom is 0.239 e. The third-order valence-corrected chi connectivity index (χ3v) is 4.27. The molecule has 0 saturated carbocycles. The molecular formula is C17H23N3O3. The van der Waals surface area contributed by atoms with Crippen molar-refractivity contribution in [2.75, 3.05) is 31.1 Å². The lowest BCUT2D eigenvalue weighted by molar-refractivity contribution is -0.123. The molecule has 1 unspecified atom stereocenters. The Morgan fingerprint density at radius 2 is 2.17 bits per heavy atom. The Hall–Kier alpha value is -2.08. The quantitative estimate of drug-likeness (QED) is 0.843. The topological polar surface area (TPSA) is 70.7 Å². The second-order valence-corrected chi connectivity index (χ2v) is 6.05. The number of hydrogen-bond acceptors (Lipinski definition) is 4. The summed E-state index contributed by atoms with van der Waals surface area (Å²) >= 11 is 0. The van der Waals surface area contributed by atoms with Crippen LogP contribution < -0.4 is 15.5 Å². The van der Waals surface area contributed by atoms with Crippen molar-refractivity contribution in [3.05, 3.63) is 29.8 Å². The fourth-order valence-electron chi connectivity index (χ4n) is 2.97. The Balaban J connectivity index is 1.47. The third-order valence-electron chi connectivity index (χ3n) is 4.27. The Morgan fingerprint density at radius 1 is 1.35 bits per heavy atom. The van der Waals surface area contributed by atoms with Gasteiger partial charge in [-0.15, -0.1) is 0 Å². The minimum Gasteiger partial charge on any atom is -0.378 e. The molecule has 23 heavy (non-hydrogen) atoms. The van der Waals surface area contributed by atoms with Crippen LogP contribution in [0.2, 0.25) is 0 Å². The predicted molar refractivity (Wildman–Crippen MR) is 87.1 cm³/mol. The molecule has 2 fully saturated rings. The van der Waals surface area contributed by atoms with Gasteiger partial charge in [0.2, 0.25) is 11.8 Å². The number of amides is 2. The largest absolute Gasteiger partial charge is 0.378 e. The van der Waals surface area contributed by atoms with Crippen molar-refractivity contribution in [1.82, 2.24) is 10.6 Å². The van der Waals surface area contributed by atoms with Crippen LogP contribution in [-0.2, 0) is 20.9 Å². The van der Waals surface area contributed by atoms with E-state index in [4.69, 9.17) is 4.74 Å². The lowest BCUT2D eigenvalue weighted by Gasteiger charge is -2.28. The smallest absolute Gasteiger partial charge is 0.239 e. The molecule has 1 aromatic carbocycles. The predicted octanol–water partition coefficient (Wildman–Crippen LogP) is 0.808. The van der Waals surface area contributed by atoms with E-state index in [0.717, 1.165) is 37.2 Å². The van der Waals surface area contributed by atoms with Crippen molar-refractivity contribution in [1.29, 1.82) is 0 Å². The van der Waals surface area contributed by atoms with Gasteiger partial charge in [-0.25, -0.2) is 0 Å². The number of carbonyl (C=O) groups excluding carboxylic acids is 2. The van der Waals surface area contributed by atoms with E-state index in [9.17, 15) is 9.59 Å². The van der Waals surface area contributed by atoms with Crippen molar-refractivity contribution in [3.8, 4) is 0 Å². The standard InChI is InChI=1S/C17H23N3O3/c21-16(10-15-2-1-9-23-15)19-11-13-3-5-14(6-4-13)20-8-7-18-17(22)12-20/h3-6,15H,1-2,7-12H2,(H,18,22)(H,19,21). The van der Waals surface area contributed by atoms with Gasteiger partial charge >= 0.3 is 0 Å². The molecule has 6 heteroatoms. The van der Waals surface area contributed by atoms with Gasteiger partial charge in [0.05, 0.1) is 19.1 Å². The summed E-state index contributed by atoms with van der Waals surface area (Å²) in [6.07, 6.45) is 2.56. The van der Waals surface area contributed by atoms with Gasteiger partial charge < -0.3 is 20.3 Å². The molecule has 2 aliphatic heterocycles. The number of ether oxygens (including phenoxy) is 1. The number of piperazine rings is 1. The fourth-order valence-corrected chi connectivity index (χ4v) is 2.97. The fraction of sp³-hybridized carbons (Fsp3) is 0.529. The molecule has 0 bridgehead atoms. The number of anilines is 1. The second kappa shape index (κ2) is 7.46. The Labute approximate surface area is 136 Å². The Bertz CT molecular complexity index is 553. The zero-order chi connectivity index (χ0) is 16.1. The number of benzene rings is 1. The minimum atomic E-state index is 0.0358. The van der Waals surface area contributed by atoms with Gasteiger partial charge in [-0.2, -0.15) is 0 Å². The van der Waals surface area contributed by atoms with E-state index in [-0.39, 0.29) is 17.9 Å². The summed E-state index contributed by atoms with van der Waals surface area (Å²) in [4.78, 5) is 25.4. The van der Waals surface area contributed by atoms with Crippen LogP contribution in [0.5, 0.6) is 0 Å². The zero-order valence-electron chi connectivity index (χ0n) is 13.2. The van der Waals surface area contributed by atoms with Crippen molar-refractivity contribution in [2.24, 2.45) is 0 Å². The second-order valence-electron chi connectivity index (χ2n) is 6.05. The molecule has 1 aromatic rings. The first-order chi connectivity index (χ1) is 11.2. The van der Waals surface area contributed by atoms with E-state index in [1.165, 1.54) is 0 Å². The van der Waals surface area contributed by atoms with E-state index in [2.05, 4.69) is 15.5 Å². The van der Waals surface area contributed by atoms with Crippen LogP contribution in [0.3, 0.4) is 0 Å². The monoisotopic (exact) mass is 317 g/mol. The highest BCUT2D eigenvalue weighted by Crippen LogP contribution is 2.17. The van der Waals surface area contributed by atoms with Crippen molar-refractivity contribution >= 4 is 17.5 Å². The SMILES string of the molecule is O=C(CC1CCCO1)NCc1ccc(N2CCNC(=O)C2)cc1. The summed E-state index contributed by atoms with van der Waals surface area (Å²) in [5.41, 5.74) is 2.09. The van der Waals surface area contributed by atoms with E-state index in [1.807, 2.05) is 24.3 Å². The van der Waals surface area contributed by atoms with Crippen LogP contribution in [0.1, 0.15) is 24.8 Å². The number of rotatable bonds is 5. The molecule has 0 spiro atoms. The summed E-state index contributed by atoms with van der Waals surface area (Å²) in [6, 6.07) is 7.99. The average molecular weight is 317 g/mol. The average Bonchev–Trinajstić information content (AvgIpc) is 3.06. The van der Waals surface area contributed by atoms with Gasteiger partial charge in [0.15, 0.2) is 0 Å². The van der Waals surface area contributed by atoms with Gasteiger partial charge in [0.25, 0.3) is 0 Å². The Kier molecular flexibility index (Phi) is 5.12. The van der Waals surface area contributed by atoms with E-state index >= 15 is 0 Å². The maximum atomic E-state index is 11.9. The van der Waals surface area contributed by atoms with Gasteiger partial charge in [-0.05, 0) is 30.5 Å². The molecule has 2 amide bonds. The molecule has 0 aliphatic carbocycles. The summed E-state index contributed by atoms with van der Waals surface area (Å²) in [7, 11) is 0. The first-order valence-electron chi connectivity index (χ1n) is 8.19. The van der Waals surface area contributed by atoms with E-state index < -0.39 is 0 Å². The molecule has 3 rings (SSSR count). The van der Waals surface area contributed by atoms with Crippen molar-refractivity contribution in [2.45, 2.75) is 31.9 Å². The Morgan fingerprint density at radius 3 is 2.87 bits per heavy atom. The lowest BCUT2D eigenvalue weighted by Crippen LogP contribution is -2.47. The van der Waals surface area contributed by atoms with Crippen LogP contribution in [0.25, 0.3) is 0 Å². The van der Waals surface area contributed by atoms with Gasteiger partial charge in [-0.3, -0.25) is 9.59 Å². The van der Waals surface area contributed by atoms with E-state index in [0.29, 0.717) is 26.1 Å². The van der Waals surface area contributed by atoms with E-state index in [1.54, 1.807) is 0 Å². The molecule has 2 saturated heterocycles. The highest BCUT2D eigenvalue weighted by molar-refractivity contribution is 5.82. The minimum absolute atomic E-state index is 0.0358. The molecule has 2 N–H and O–H groups in total. The molecule has 124 valence electrons. The summed E-state index contributed by atoms with van der Waals surface area (Å²) in [5.74, 6) is 0.0930. The molecule has 0 aromatic heterocycles. The number of carbonyl (C=O) groups is 2. The van der Waals surface area contributed by atoms with Crippen LogP contribution in [0, 0.1) is 0 Å². The lowest BCUT2D eigenvalue weighted by atomic mass is 10.1. The molecule has 2 heterocycles. The summed E-state index contributed by atoms with van der Waals surface area (Å²) in [5, 5.41) is 5.75. The highest BCUT2D eigenvalue weighted by atomic mass is 16.5. The van der Waals surface area contributed by atoms with Crippen molar-refractivity contribution < 1.29 is 14.3 Å². The number of nitrogens with one attached hydrogen (secondary N) is 2. The maximum absolute atomic E-state index is 11.9. The third kappa shape index (κ3) is 4.45. The van der Waals surface area contributed by atoms with Gasteiger partial charge in [-0.1, -0.05) is 12.1 Å².